The molecule has 5 aromatic rings. The number of quaternary nitrogens is 1. The zero-order chi connectivity index (χ0) is 35.1. The zero-order valence-electron chi connectivity index (χ0n) is 27.6. The summed E-state index contributed by atoms with van der Waals surface area (Å²) in [5.74, 6) is -0.776. The second-order valence-electron chi connectivity index (χ2n) is 12.6. The quantitative estimate of drug-likeness (QED) is 0.192. The molecule has 14 heteroatoms. The van der Waals surface area contributed by atoms with Gasteiger partial charge in [-0.3, -0.25) is 9.88 Å². The van der Waals surface area contributed by atoms with E-state index in [4.69, 9.17) is 4.74 Å². The van der Waals surface area contributed by atoms with Crippen molar-refractivity contribution >= 4 is 28.5 Å². The van der Waals surface area contributed by atoms with Crippen molar-refractivity contribution in [1.29, 1.82) is 5.26 Å². The predicted molar refractivity (Wildman–Crippen MR) is 177 cm³/mol. The summed E-state index contributed by atoms with van der Waals surface area (Å²) < 4.78 is 48.1. The lowest BCUT2D eigenvalue weighted by atomic mass is 9.89. The second-order valence-corrected chi connectivity index (χ2v) is 12.6. The Morgan fingerprint density at radius 2 is 1.80 bits per heavy atom. The zero-order valence-corrected chi connectivity index (χ0v) is 29.2. The Morgan fingerprint density at radius 3 is 2.52 bits per heavy atom. The van der Waals surface area contributed by atoms with Crippen molar-refractivity contribution in [2.45, 2.75) is 32.1 Å². The number of nitrogens with one attached hydrogen (secondary N) is 1. The third-order valence-electron chi connectivity index (χ3n) is 8.85. The molecule has 50 heavy (non-hydrogen) atoms. The van der Waals surface area contributed by atoms with Crippen LogP contribution < -0.4 is 27.6 Å². The molecule has 0 saturated carbocycles. The van der Waals surface area contributed by atoms with Crippen molar-refractivity contribution in [3.63, 3.8) is 0 Å². The largest absolute Gasteiger partial charge is 1.00 e. The van der Waals surface area contributed by atoms with Gasteiger partial charge in [-0.2, -0.15) is 18.4 Å². The predicted octanol–water partition coefficient (Wildman–Crippen LogP) is 3.02. The van der Waals surface area contributed by atoms with Gasteiger partial charge in [0.25, 0.3) is 0 Å². The number of allylic oxidation sites excluding steroid dienone is 1. The summed E-state index contributed by atoms with van der Waals surface area (Å²) in [6.45, 7) is 2.84. The van der Waals surface area contributed by atoms with Gasteiger partial charge in [-0.1, -0.05) is 36.4 Å². The highest BCUT2D eigenvalue weighted by molar-refractivity contribution is 5.93. The van der Waals surface area contributed by atoms with Crippen LogP contribution in [-0.2, 0) is 28.7 Å². The topological polar surface area (TPSA) is 117 Å². The monoisotopic (exact) mass is 747 g/mol. The van der Waals surface area contributed by atoms with Crippen LogP contribution in [0.5, 0.6) is 0 Å². The van der Waals surface area contributed by atoms with E-state index in [2.05, 4.69) is 41.4 Å². The average molecular weight is 749 g/mol. The number of nitrogens with zero attached hydrogens (tertiary/aromatic N) is 6. The van der Waals surface area contributed by atoms with E-state index < -0.39 is 29.4 Å². The molecule has 10 nitrogen and oxygen atoms in total. The molecule has 0 bridgehead atoms. The van der Waals surface area contributed by atoms with Crippen molar-refractivity contribution in [2.24, 2.45) is 0 Å². The Kier molecular flexibility index (Phi) is 10.0. The number of anilines is 2. The second kappa shape index (κ2) is 13.9. The number of rotatable bonds is 8. The summed E-state index contributed by atoms with van der Waals surface area (Å²) in [7, 11) is 5.38. The smallest absolute Gasteiger partial charge is 0.416 e. The average Bonchev–Trinajstić information content (AvgIpc) is 3.46. The van der Waals surface area contributed by atoms with Gasteiger partial charge in [0, 0.05) is 35.0 Å². The van der Waals surface area contributed by atoms with E-state index >= 15 is 0 Å². The number of pyridine rings is 1. The Hall–Kier alpha value is -5.26. The molecular weight excluding hydrogens is 715 g/mol. The summed E-state index contributed by atoms with van der Waals surface area (Å²) in [4.78, 5) is 33.0. The van der Waals surface area contributed by atoms with Crippen LogP contribution in [-0.4, -0.2) is 58.0 Å². The number of H-pyrrole nitrogens is 1. The Bertz CT molecular complexity index is 2210. The lowest BCUT2D eigenvalue weighted by molar-refractivity contribution is -0.903. The van der Waals surface area contributed by atoms with Crippen molar-refractivity contribution in [2.75, 3.05) is 32.6 Å². The minimum atomic E-state index is -4.63. The van der Waals surface area contributed by atoms with Gasteiger partial charge in [0.05, 0.1) is 56.0 Å². The number of para-hydroxylation sites is 1. The number of carbonyl (C=O) groups excluding carboxylic acids is 1. The normalized spacial score (nSPS) is 14.6. The summed E-state index contributed by atoms with van der Waals surface area (Å²) in [5.41, 5.74) is 2.40. The number of hydrogen-bond acceptors (Lipinski definition) is 7. The summed E-state index contributed by atoms with van der Waals surface area (Å²) >= 11 is 0. The maximum absolute atomic E-state index is 13.7. The fraction of sp³-hybridized carbons (Fsp3) is 0.250. The number of nitriles is 1. The van der Waals surface area contributed by atoms with Crippen LogP contribution in [0.1, 0.15) is 40.8 Å². The number of aromatic amines is 1. The van der Waals surface area contributed by atoms with E-state index in [1.54, 1.807) is 31.3 Å². The van der Waals surface area contributed by atoms with Crippen LogP contribution in [0.25, 0.3) is 10.9 Å². The standard InChI is InChI=1S/C36H32F3N7O3.BrH/c1-22-30(33(47)49-4)32(45-34(42-43-35(45)48)44(22)28-12-6-11-27(19-28)36(37,38)39)29-14-13-23(20-40)18-25(29)15-17-46(2,3)21-26-9-5-8-24-10-7-16-41-31(24)26;/h5-14,16,18-19,32H,15,17,21H2,1-4H3;1H/t32-;/m1./s1. The molecular formula is C36H33BrF3N7O3. The number of halogens is 4. The third-order valence-corrected chi connectivity index (χ3v) is 8.85. The molecule has 0 amide bonds. The fourth-order valence-electron chi connectivity index (χ4n) is 6.50. The SMILES string of the molecule is COC(=O)C1=C(C)N(c2cccc(C(F)(F)F)c2)c2n[nH]c(=O)n2[C@@H]1c1ccc(C#N)cc1CC[N+](C)(C)Cc1cccc2cccnc12.[Br-]. The van der Waals surface area contributed by atoms with E-state index in [9.17, 15) is 28.0 Å². The van der Waals surface area contributed by atoms with Gasteiger partial charge >= 0.3 is 17.8 Å². The maximum Gasteiger partial charge on any atom is 0.416 e. The molecule has 1 N–H and O–H groups in total. The van der Waals surface area contributed by atoms with Crippen LogP contribution in [0, 0.1) is 11.3 Å². The lowest BCUT2D eigenvalue weighted by Gasteiger charge is -2.36. The molecule has 1 aliphatic rings. The third kappa shape index (κ3) is 6.79. The van der Waals surface area contributed by atoms with E-state index in [-0.39, 0.29) is 39.9 Å². The van der Waals surface area contributed by atoms with E-state index in [0.29, 0.717) is 40.7 Å². The first-order valence-electron chi connectivity index (χ1n) is 15.4. The maximum atomic E-state index is 13.7. The molecule has 6 rings (SSSR count). The van der Waals surface area contributed by atoms with E-state index in [1.807, 2.05) is 24.3 Å². The molecule has 3 aromatic carbocycles. The number of likely N-dealkylation sites (N-methyl/N-ethyl adjacent to an activating group) is 1. The molecule has 0 unspecified atom stereocenters. The van der Waals surface area contributed by atoms with Gasteiger partial charge in [0.1, 0.15) is 12.6 Å². The van der Waals surface area contributed by atoms with Gasteiger partial charge in [-0.05, 0) is 54.4 Å². The van der Waals surface area contributed by atoms with Crippen molar-refractivity contribution in [1.82, 2.24) is 19.7 Å². The number of alkyl halides is 3. The first kappa shape index (κ1) is 36.0. The molecule has 0 saturated heterocycles. The van der Waals surface area contributed by atoms with E-state index in [0.717, 1.165) is 28.6 Å². The highest BCUT2D eigenvalue weighted by Gasteiger charge is 2.41. The van der Waals surface area contributed by atoms with Gasteiger partial charge in [-0.25, -0.2) is 19.3 Å². The molecule has 1 aliphatic heterocycles. The molecule has 2 aromatic heterocycles. The van der Waals surface area contributed by atoms with Crippen LogP contribution in [0.2, 0.25) is 0 Å². The van der Waals surface area contributed by atoms with Crippen LogP contribution in [0.4, 0.5) is 24.8 Å². The minimum Gasteiger partial charge on any atom is -1.00 e. The van der Waals surface area contributed by atoms with Crippen molar-refractivity contribution in [3.8, 4) is 6.07 Å². The number of hydrogen-bond donors (Lipinski definition) is 1. The number of benzene rings is 3. The first-order chi connectivity index (χ1) is 23.3. The Balaban J connectivity index is 0.00000486. The number of fused-ring (bicyclic) bond motifs is 2. The van der Waals surface area contributed by atoms with Gasteiger partial charge in [0.2, 0.25) is 5.95 Å². The number of aromatic nitrogens is 4. The van der Waals surface area contributed by atoms with Crippen LogP contribution >= 0.6 is 0 Å². The molecule has 1 atom stereocenters. The van der Waals surface area contributed by atoms with Crippen LogP contribution in [0.3, 0.4) is 0 Å². The number of esters is 1. The molecule has 258 valence electrons. The number of carbonyl (C=O) groups is 1. The number of ether oxygens (including phenoxy) is 1. The van der Waals surface area contributed by atoms with E-state index in [1.165, 1.54) is 28.7 Å². The van der Waals surface area contributed by atoms with Gasteiger partial charge in [0.15, 0.2) is 0 Å². The molecule has 0 fully saturated rings. The minimum absolute atomic E-state index is 0. The molecule has 0 aliphatic carbocycles. The van der Waals surface area contributed by atoms with Crippen molar-refractivity contribution < 1.29 is 44.2 Å². The summed E-state index contributed by atoms with van der Waals surface area (Å²) in [6.07, 6.45) is -2.40. The lowest BCUT2D eigenvalue weighted by Crippen LogP contribution is -3.00. The number of methoxy groups -OCH3 is 1. The Labute approximate surface area is 296 Å². The molecule has 3 heterocycles. The highest BCUT2D eigenvalue weighted by Crippen LogP contribution is 2.43. The Morgan fingerprint density at radius 1 is 1.06 bits per heavy atom. The van der Waals surface area contributed by atoms with Crippen LogP contribution in [0.15, 0.2) is 95.1 Å². The molecule has 0 radical (unpaired) electrons. The molecule has 0 spiro atoms. The van der Waals surface area contributed by atoms with Gasteiger partial charge in [-0.15, -0.1) is 5.10 Å². The first-order valence-corrected chi connectivity index (χ1v) is 15.4. The highest BCUT2D eigenvalue weighted by atomic mass is 79.9. The van der Waals surface area contributed by atoms with Gasteiger partial charge < -0.3 is 26.2 Å². The summed E-state index contributed by atoms with van der Waals surface area (Å²) in [6, 6.07) is 20.7. The fourth-order valence-corrected chi connectivity index (χ4v) is 6.50. The summed E-state index contributed by atoms with van der Waals surface area (Å²) in [5, 5.41) is 17.5. The van der Waals surface area contributed by atoms with Crippen molar-refractivity contribution in [3.05, 3.63) is 129 Å².